The van der Waals surface area contributed by atoms with Gasteiger partial charge < -0.3 is 5.11 Å². The van der Waals surface area contributed by atoms with Crippen molar-refractivity contribution in [2.24, 2.45) is 5.41 Å². The van der Waals surface area contributed by atoms with Gasteiger partial charge >= 0.3 is 0 Å². The molecule has 0 spiro atoms. The van der Waals surface area contributed by atoms with E-state index >= 15 is 0 Å². The molecule has 1 atom stereocenters. The molecule has 0 fully saturated rings. The van der Waals surface area contributed by atoms with Crippen molar-refractivity contribution in [2.45, 2.75) is 39.7 Å². The molecule has 1 aromatic heterocycles. The Balaban J connectivity index is 3.15. The second kappa shape index (κ2) is 3.70. The minimum Gasteiger partial charge on any atom is -0.383 e. The van der Waals surface area contributed by atoms with Gasteiger partial charge in [0.25, 0.3) is 0 Å². The molecule has 0 aromatic carbocycles. The van der Waals surface area contributed by atoms with E-state index in [2.05, 4.69) is 4.98 Å². The summed E-state index contributed by atoms with van der Waals surface area (Å²) in [6.07, 6.45) is 2.40. The fourth-order valence-electron chi connectivity index (χ4n) is 1.70. The summed E-state index contributed by atoms with van der Waals surface area (Å²) in [7, 11) is 0. The average Bonchev–Trinajstić information content (AvgIpc) is 2.16. The minimum absolute atomic E-state index is 0.198. The third-order valence-corrected chi connectivity index (χ3v) is 2.84. The van der Waals surface area contributed by atoms with Crippen molar-refractivity contribution in [3.63, 3.8) is 0 Å². The number of hydrogen-bond acceptors (Lipinski definition) is 2. The lowest BCUT2D eigenvalue weighted by molar-refractivity contribution is -0.0709. The zero-order chi connectivity index (χ0) is 10.8. The SMILES string of the molecule is CCC(O)(c1ccccn1)C(C)(C)C. The molecule has 1 aromatic rings. The standard InChI is InChI=1S/C12H19NO/c1-5-12(14,11(2,3)4)10-8-6-7-9-13-10/h6-9,14H,5H2,1-4H3. The summed E-state index contributed by atoms with van der Waals surface area (Å²) < 4.78 is 0. The first-order chi connectivity index (χ1) is 6.42. The first kappa shape index (κ1) is 11.2. The van der Waals surface area contributed by atoms with Crippen LogP contribution in [0.3, 0.4) is 0 Å². The Morgan fingerprint density at radius 3 is 2.29 bits per heavy atom. The van der Waals surface area contributed by atoms with Crippen molar-refractivity contribution in [1.82, 2.24) is 4.98 Å². The summed E-state index contributed by atoms with van der Waals surface area (Å²) in [6.45, 7) is 8.08. The number of nitrogens with zero attached hydrogens (tertiary/aromatic N) is 1. The van der Waals surface area contributed by atoms with Crippen LogP contribution < -0.4 is 0 Å². The number of rotatable bonds is 2. The quantitative estimate of drug-likeness (QED) is 0.783. The predicted octanol–water partition coefficient (Wildman–Crippen LogP) is 2.73. The van der Waals surface area contributed by atoms with Crippen LogP contribution in [0, 0.1) is 5.41 Å². The molecule has 0 amide bonds. The zero-order valence-corrected chi connectivity index (χ0v) is 9.41. The second-order valence-electron chi connectivity index (χ2n) is 4.68. The lowest BCUT2D eigenvalue weighted by Crippen LogP contribution is -2.40. The Kier molecular flexibility index (Phi) is 2.95. The van der Waals surface area contributed by atoms with Crippen LogP contribution in [0.1, 0.15) is 39.8 Å². The van der Waals surface area contributed by atoms with Gasteiger partial charge in [0.05, 0.1) is 5.69 Å². The summed E-state index contributed by atoms with van der Waals surface area (Å²) in [5, 5.41) is 10.6. The molecule has 1 heterocycles. The molecule has 0 bridgehead atoms. The van der Waals surface area contributed by atoms with Crippen molar-refractivity contribution in [1.29, 1.82) is 0 Å². The molecule has 1 rings (SSSR count). The van der Waals surface area contributed by atoms with E-state index in [1.807, 2.05) is 45.9 Å². The molecule has 0 aliphatic heterocycles. The third-order valence-electron chi connectivity index (χ3n) is 2.84. The second-order valence-corrected chi connectivity index (χ2v) is 4.68. The molecule has 1 unspecified atom stereocenters. The normalized spacial score (nSPS) is 16.4. The summed E-state index contributed by atoms with van der Waals surface area (Å²) in [5.41, 5.74) is -0.278. The highest BCUT2D eigenvalue weighted by molar-refractivity contribution is 5.15. The largest absolute Gasteiger partial charge is 0.383 e. The molecule has 0 radical (unpaired) electrons. The Bertz CT molecular complexity index is 289. The van der Waals surface area contributed by atoms with Gasteiger partial charge in [-0.1, -0.05) is 33.8 Å². The number of hydrogen-bond donors (Lipinski definition) is 1. The Morgan fingerprint density at radius 2 is 1.93 bits per heavy atom. The minimum atomic E-state index is -0.839. The van der Waals surface area contributed by atoms with Gasteiger partial charge in [0, 0.05) is 6.20 Å². The Hall–Kier alpha value is -0.890. The molecular formula is C12H19NO. The molecule has 0 aliphatic carbocycles. The summed E-state index contributed by atoms with van der Waals surface area (Å²) in [4.78, 5) is 4.24. The van der Waals surface area contributed by atoms with Gasteiger partial charge in [-0.25, -0.2) is 0 Å². The van der Waals surface area contributed by atoms with Gasteiger partial charge in [-0.3, -0.25) is 4.98 Å². The van der Waals surface area contributed by atoms with Crippen LogP contribution in [0.25, 0.3) is 0 Å². The molecule has 1 N–H and O–H groups in total. The van der Waals surface area contributed by atoms with Gasteiger partial charge in [0.1, 0.15) is 5.60 Å². The van der Waals surface area contributed by atoms with Gasteiger partial charge in [-0.05, 0) is 24.0 Å². The van der Waals surface area contributed by atoms with Crippen molar-refractivity contribution >= 4 is 0 Å². The first-order valence-electron chi connectivity index (χ1n) is 5.05. The van der Waals surface area contributed by atoms with E-state index in [9.17, 15) is 5.11 Å². The fraction of sp³-hybridized carbons (Fsp3) is 0.583. The molecule has 14 heavy (non-hydrogen) atoms. The molecule has 2 heteroatoms. The molecule has 0 aliphatic rings. The van der Waals surface area contributed by atoms with Crippen LogP contribution in [0.15, 0.2) is 24.4 Å². The maximum absolute atomic E-state index is 10.6. The zero-order valence-electron chi connectivity index (χ0n) is 9.41. The van der Waals surface area contributed by atoms with E-state index in [1.54, 1.807) is 6.20 Å². The fourth-order valence-corrected chi connectivity index (χ4v) is 1.70. The predicted molar refractivity (Wildman–Crippen MR) is 57.9 cm³/mol. The van der Waals surface area contributed by atoms with Crippen molar-refractivity contribution in [3.8, 4) is 0 Å². The highest BCUT2D eigenvalue weighted by Crippen LogP contribution is 2.40. The monoisotopic (exact) mass is 193 g/mol. The maximum atomic E-state index is 10.6. The van der Waals surface area contributed by atoms with Gasteiger partial charge in [-0.2, -0.15) is 0 Å². The lowest BCUT2D eigenvalue weighted by atomic mass is 9.72. The third kappa shape index (κ3) is 1.80. The van der Waals surface area contributed by atoms with Crippen LogP contribution in [0.5, 0.6) is 0 Å². The maximum Gasteiger partial charge on any atom is 0.111 e. The molecular weight excluding hydrogens is 174 g/mol. The average molecular weight is 193 g/mol. The summed E-state index contributed by atoms with van der Waals surface area (Å²) in [6, 6.07) is 5.66. The van der Waals surface area contributed by atoms with E-state index in [0.29, 0.717) is 6.42 Å². The lowest BCUT2D eigenvalue weighted by Gasteiger charge is -2.39. The molecule has 0 saturated carbocycles. The van der Waals surface area contributed by atoms with Crippen molar-refractivity contribution in [3.05, 3.63) is 30.1 Å². The van der Waals surface area contributed by atoms with Gasteiger partial charge in [0.2, 0.25) is 0 Å². The Morgan fingerprint density at radius 1 is 1.29 bits per heavy atom. The van der Waals surface area contributed by atoms with Gasteiger partial charge in [-0.15, -0.1) is 0 Å². The smallest absolute Gasteiger partial charge is 0.111 e. The van der Waals surface area contributed by atoms with Crippen LogP contribution in [0.4, 0.5) is 0 Å². The number of aliphatic hydroxyl groups is 1. The number of aromatic nitrogens is 1. The van der Waals surface area contributed by atoms with Crippen LogP contribution >= 0.6 is 0 Å². The number of pyridine rings is 1. The van der Waals surface area contributed by atoms with Crippen molar-refractivity contribution < 1.29 is 5.11 Å². The van der Waals surface area contributed by atoms with Crippen LogP contribution in [-0.2, 0) is 5.60 Å². The molecule has 2 nitrogen and oxygen atoms in total. The van der Waals surface area contributed by atoms with Crippen LogP contribution in [-0.4, -0.2) is 10.1 Å². The summed E-state index contributed by atoms with van der Waals surface area (Å²) in [5.74, 6) is 0. The van der Waals surface area contributed by atoms with E-state index < -0.39 is 5.60 Å². The Labute approximate surface area is 86.0 Å². The molecule has 0 saturated heterocycles. The van der Waals surface area contributed by atoms with Crippen molar-refractivity contribution in [2.75, 3.05) is 0 Å². The first-order valence-corrected chi connectivity index (χ1v) is 5.05. The van der Waals surface area contributed by atoms with E-state index in [0.717, 1.165) is 5.69 Å². The van der Waals surface area contributed by atoms with E-state index in [4.69, 9.17) is 0 Å². The van der Waals surface area contributed by atoms with Gasteiger partial charge in [0.15, 0.2) is 0 Å². The summed E-state index contributed by atoms with van der Waals surface area (Å²) >= 11 is 0. The topological polar surface area (TPSA) is 33.1 Å². The highest BCUT2D eigenvalue weighted by atomic mass is 16.3. The van der Waals surface area contributed by atoms with E-state index in [-0.39, 0.29) is 5.41 Å². The van der Waals surface area contributed by atoms with Crippen LogP contribution in [0.2, 0.25) is 0 Å². The molecule has 78 valence electrons. The highest BCUT2D eigenvalue weighted by Gasteiger charge is 2.40. The van der Waals surface area contributed by atoms with E-state index in [1.165, 1.54) is 0 Å².